The number of hydrogen-bond donors (Lipinski definition) is 1. The van der Waals surface area contributed by atoms with Crippen LogP contribution in [0.1, 0.15) is 53.9 Å². The zero-order valence-corrected chi connectivity index (χ0v) is 15.2. The van der Waals surface area contributed by atoms with Gasteiger partial charge in [-0.05, 0) is 74.3 Å². The number of nitrogens with zero attached hydrogens (tertiary/aromatic N) is 2. The molecule has 114 valence electrons. The minimum atomic E-state index is 0.130. The van der Waals surface area contributed by atoms with Gasteiger partial charge in [0, 0.05) is 6.04 Å². The summed E-state index contributed by atoms with van der Waals surface area (Å²) in [7, 11) is 2.01. The average molecular weight is 350 g/mol. The lowest BCUT2D eigenvalue weighted by molar-refractivity contribution is 0.482. The number of nitrogens with one attached hydrogen (secondary N) is 1. The summed E-state index contributed by atoms with van der Waals surface area (Å²) in [5.74, 6) is 0. The molecule has 1 aromatic heterocycles. The van der Waals surface area contributed by atoms with Gasteiger partial charge in [0.2, 0.25) is 0 Å². The fraction of sp³-hybridized carbons (Fsp3) is 0.471. The predicted octanol–water partition coefficient (Wildman–Crippen LogP) is 4.46. The maximum absolute atomic E-state index is 4.52. The molecule has 1 aromatic carbocycles. The largest absolute Gasteiger partial charge is 0.308 e. The number of rotatable bonds is 4. The molecule has 1 unspecified atom stereocenters. The maximum atomic E-state index is 4.52. The third-order valence-electron chi connectivity index (χ3n) is 3.86. The van der Waals surface area contributed by atoms with Crippen LogP contribution >= 0.6 is 15.9 Å². The smallest absolute Gasteiger partial charge is 0.0762 e. The molecule has 0 aliphatic carbocycles. The first-order valence-corrected chi connectivity index (χ1v) is 8.14. The second kappa shape index (κ2) is 6.32. The fourth-order valence-corrected chi connectivity index (χ4v) is 3.60. The van der Waals surface area contributed by atoms with Crippen LogP contribution in [0.3, 0.4) is 0 Å². The van der Waals surface area contributed by atoms with Crippen LogP contribution in [0.4, 0.5) is 0 Å². The molecule has 4 heteroatoms. The molecule has 3 nitrogen and oxygen atoms in total. The second-order valence-corrected chi connectivity index (χ2v) is 6.80. The quantitative estimate of drug-likeness (QED) is 0.882. The number of halogens is 1. The van der Waals surface area contributed by atoms with Gasteiger partial charge in [-0.15, -0.1) is 0 Å². The molecule has 0 fully saturated rings. The van der Waals surface area contributed by atoms with Crippen LogP contribution in [0.5, 0.6) is 0 Å². The van der Waals surface area contributed by atoms with Crippen molar-refractivity contribution < 1.29 is 0 Å². The number of hydrogen-bond acceptors (Lipinski definition) is 2. The van der Waals surface area contributed by atoms with Crippen LogP contribution < -0.4 is 5.32 Å². The number of aryl methyl sites for hydroxylation is 3. The Morgan fingerprint density at radius 3 is 2.19 bits per heavy atom. The molecular formula is C17H24BrN3. The molecule has 0 bridgehead atoms. The first-order valence-electron chi connectivity index (χ1n) is 7.34. The summed E-state index contributed by atoms with van der Waals surface area (Å²) < 4.78 is 3.14. The molecule has 0 radical (unpaired) electrons. The first-order chi connectivity index (χ1) is 9.86. The molecule has 1 atom stereocenters. The van der Waals surface area contributed by atoms with Gasteiger partial charge < -0.3 is 5.32 Å². The van der Waals surface area contributed by atoms with E-state index in [2.05, 4.69) is 77.8 Å². The number of benzene rings is 1. The predicted molar refractivity (Wildman–Crippen MR) is 91.9 cm³/mol. The standard InChI is InChI=1S/C17H24BrN3/c1-10(2)21-17(14(18)9-20-21)16(19-6)15-12(4)7-11(3)8-13(15)5/h7-10,16,19H,1-6H3. The monoisotopic (exact) mass is 349 g/mol. The number of aromatic nitrogens is 2. The maximum Gasteiger partial charge on any atom is 0.0762 e. The molecule has 0 saturated heterocycles. The van der Waals surface area contributed by atoms with Crippen LogP contribution in [0, 0.1) is 20.8 Å². The van der Waals surface area contributed by atoms with Crippen LogP contribution in [-0.2, 0) is 0 Å². The van der Waals surface area contributed by atoms with Gasteiger partial charge >= 0.3 is 0 Å². The van der Waals surface area contributed by atoms with E-state index >= 15 is 0 Å². The molecule has 0 saturated carbocycles. The van der Waals surface area contributed by atoms with E-state index in [9.17, 15) is 0 Å². The molecule has 1 N–H and O–H groups in total. The van der Waals surface area contributed by atoms with Gasteiger partial charge in [-0.1, -0.05) is 17.7 Å². The Kier molecular flexibility index (Phi) is 4.89. The minimum absolute atomic E-state index is 0.130. The lowest BCUT2D eigenvalue weighted by atomic mass is 9.92. The van der Waals surface area contributed by atoms with Gasteiger partial charge in [0.05, 0.1) is 22.4 Å². The van der Waals surface area contributed by atoms with Gasteiger partial charge in [-0.3, -0.25) is 4.68 Å². The zero-order valence-electron chi connectivity index (χ0n) is 13.7. The van der Waals surface area contributed by atoms with Gasteiger partial charge in [-0.2, -0.15) is 5.10 Å². The van der Waals surface area contributed by atoms with E-state index in [-0.39, 0.29) is 6.04 Å². The van der Waals surface area contributed by atoms with E-state index < -0.39 is 0 Å². The molecule has 1 heterocycles. The zero-order chi connectivity index (χ0) is 15.7. The molecule has 2 rings (SSSR count). The van der Waals surface area contributed by atoms with Crippen molar-refractivity contribution in [2.45, 2.75) is 46.7 Å². The molecule has 0 aliphatic rings. The van der Waals surface area contributed by atoms with Crippen LogP contribution in [0.25, 0.3) is 0 Å². The third-order valence-corrected chi connectivity index (χ3v) is 4.48. The highest BCUT2D eigenvalue weighted by atomic mass is 79.9. The van der Waals surface area contributed by atoms with Crippen molar-refractivity contribution in [1.82, 2.24) is 15.1 Å². The minimum Gasteiger partial charge on any atom is -0.308 e. The lowest BCUT2D eigenvalue weighted by Crippen LogP contribution is -2.24. The second-order valence-electron chi connectivity index (χ2n) is 5.95. The Morgan fingerprint density at radius 1 is 1.14 bits per heavy atom. The molecule has 2 aromatic rings. The van der Waals surface area contributed by atoms with E-state index in [0.717, 1.165) is 4.47 Å². The normalized spacial score (nSPS) is 13.0. The summed E-state index contributed by atoms with van der Waals surface area (Å²) >= 11 is 3.66. The summed E-state index contributed by atoms with van der Waals surface area (Å²) in [5, 5.41) is 7.98. The highest BCUT2D eigenvalue weighted by molar-refractivity contribution is 9.10. The van der Waals surface area contributed by atoms with Crippen LogP contribution in [0.2, 0.25) is 0 Å². The molecule has 0 amide bonds. The molecule has 21 heavy (non-hydrogen) atoms. The van der Waals surface area contributed by atoms with Crippen LogP contribution in [0.15, 0.2) is 22.8 Å². The summed E-state index contributed by atoms with van der Waals surface area (Å²) in [4.78, 5) is 0. The summed E-state index contributed by atoms with van der Waals surface area (Å²) in [6.45, 7) is 10.8. The SMILES string of the molecule is CNC(c1c(C)cc(C)cc1C)c1c(Br)cnn1C(C)C. The van der Waals surface area contributed by atoms with E-state index in [1.54, 1.807) is 0 Å². The van der Waals surface area contributed by atoms with Crippen molar-refractivity contribution >= 4 is 15.9 Å². The summed E-state index contributed by atoms with van der Waals surface area (Å²) in [5.41, 5.74) is 6.46. The van der Waals surface area contributed by atoms with Crippen molar-refractivity contribution in [2.75, 3.05) is 7.05 Å². The van der Waals surface area contributed by atoms with Gasteiger partial charge in [-0.25, -0.2) is 0 Å². The van der Waals surface area contributed by atoms with Gasteiger partial charge in [0.15, 0.2) is 0 Å². The lowest BCUT2D eigenvalue weighted by Gasteiger charge is -2.24. The molecule has 0 aliphatic heterocycles. The third kappa shape index (κ3) is 3.06. The highest BCUT2D eigenvalue weighted by Gasteiger charge is 2.24. The van der Waals surface area contributed by atoms with E-state index in [0.29, 0.717) is 6.04 Å². The molecular weight excluding hydrogens is 326 g/mol. The Hall–Kier alpha value is -1.13. The summed E-state index contributed by atoms with van der Waals surface area (Å²) in [6.07, 6.45) is 1.89. The van der Waals surface area contributed by atoms with E-state index in [4.69, 9.17) is 0 Å². The van der Waals surface area contributed by atoms with Crippen molar-refractivity contribution in [3.8, 4) is 0 Å². The van der Waals surface area contributed by atoms with Crippen molar-refractivity contribution in [2.24, 2.45) is 0 Å². The summed E-state index contributed by atoms with van der Waals surface area (Å²) in [6, 6.07) is 4.95. The Balaban J connectivity index is 2.64. The van der Waals surface area contributed by atoms with E-state index in [1.807, 2.05) is 13.2 Å². The van der Waals surface area contributed by atoms with Gasteiger partial charge in [0.1, 0.15) is 0 Å². The van der Waals surface area contributed by atoms with Crippen molar-refractivity contribution in [3.05, 3.63) is 50.8 Å². The Labute approximate surface area is 135 Å². The fourth-order valence-electron chi connectivity index (χ4n) is 3.10. The van der Waals surface area contributed by atoms with E-state index in [1.165, 1.54) is 27.9 Å². The topological polar surface area (TPSA) is 29.9 Å². The van der Waals surface area contributed by atoms with Crippen LogP contribution in [-0.4, -0.2) is 16.8 Å². The first kappa shape index (κ1) is 16.2. The van der Waals surface area contributed by atoms with Crippen molar-refractivity contribution in [1.29, 1.82) is 0 Å². The van der Waals surface area contributed by atoms with Crippen molar-refractivity contribution in [3.63, 3.8) is 0 Å². The van der Waals surface area contributed by atoms with Gasteiger partial charge in [0.25, 0.3) is 0 Å². The average Bonchev–Trinajstić information content (AvgIpc) is 2.75. The highest BCUT2D eigenvalue weighted by Crippen LogP contribution is 2.33. The Bertz CT molecular complexity index is 620. The Morgan fingerprint density at radius 2 is 1.71 bits per heavy atom. The molecule has 0 spiro atoms.